The zero-order chi connectivity index (χ0) is 17.6. The quantitative estimate of drug-likeness (QED) is 0.782. The summed E-state index contributed by atoms with van der Waals surface area (Å²) < 4.78 is 31.3. The van der Waals surface area contributed by atoms with Gasteiger partial charge in [0.15, 0.2) is 0 Å². The lowest BCUT2D eigenvalue weighted by molar-refractivity contribution is 0.0955. The fourth-order valence-corrected chi connectivity index (χ4v) is 4.36. The molecular weight excluding hydrogens is 316 g/mol. The van der Waals surface area contributed by atoms with E-state index in [0.29, 0.717) is 11.3 Å². The van der Waals surface area contributed by atoms with Crippen LogP contribution < -0.4 is 10.1 Å². The highest BCUT2D eigenvalue weighted by Crippen LogP contribution is 2.13. The van der Waals surface area contributed by atoms with Crippen molar-refractivity contribution in [1.82, 2.24) is 9.62 Å². The molecule has 7 heteroatoms. The zero-order valence-corrected chi connectivity index (χ0v) is 15.2. The molecule has 1 aromatic carbocycles. The number of ether oxygens (including phenoxy) is 1. The van der Waals surface area contributed by atoms with Gasteiger partial charge in [-0.3, -0.25) is 4.79 Å². The Balaban J connectivity index is 2.66. The molecule has 0 heterocycles. The van der Waals surface area contributed by atoms with E-state index in [0.717, 1.165) is 0 Å². The minimum absolute atomic E-state index is 0.0638. The molecule has 0 aromatic heterocycles. The number of nitrogens with one attached hydrogen (secondary N) is 1. The van der Waals surface area contributed by atoms with Crippen LogP contribution in [0.25, 0.3) is 0 Å². The first-order chi connectivity index (χ1) is 10.7. The molecule has 0 spiro atoms. The second-order valence-corrected chi connectivity index (χ2v) is 7.81. The van der Waals surface area contributed by atoms with Crippen molar-refractivity contribution in [3.63, 3.8) is 0 Å². The van der Waals surface area contributed by atoms with Crippen molar-refractivity contribution in [2.24, 2.45) is 0 Å². The van der Waals surface area contributed by atoms with E-state index in [1.165, 1.54) is 11.4 Å². The molecule has 0 unspecified atom stereocenters. The molecule has 1 amide bonds. The molecule has 23 heavy (non-hydrogen) atoms. The number of sulfonamides is 1. The second-order valence-electron chi connectivity index (χ2n) is 5.82. The summed E-state index contributed by atoms with van der Waals surface area (Å²) in [4.78, 5) is 12.1. The Hall–Kier alpha value is -1.60. The fourth-order valence-electron chi connectivity index (χ4n) is 2.50. The van der Waals surface area contributed by atoms with Crippen LogP contribution >= 0.6 is 0 Å². The zero-order valence-electron chi connectivity index (χ0n) is 14.4. The summed E-state index contributed by atoms with van der Waals surface area (Å²) in [5.74, 6) is 0.134. The Labute approximate surface area is 138 Å². The lowest BCUT2D eigenvalue weighted by atomic mass is 10.2. The van der Waals surface area contributed by atoms with Gasteiger partial charge in [0.1, 0.15) is 5.75 Å². The molecule has 0 radical (unpaired) electrons. The van der Waals surface area contributed by atoms with E-state index < -0.39 is 10.0 Å². The number of carbonyl (C=O) groups excluding carboxylic acids is 1. The first kappa shape index (κ1) is 19.4. The number of amides is 1. The lowest BCUT2D eigenvalue weighted by Crippen LogP contribution is -2.45. The van der Waals surface area contributed by atoms with Gasteiger partial charge in [0.05, 0.1) is 12.9 Å². The highest BCUT2D eigenvalue weighted by Gasteiger charge is 2.27. The minimum atomic E-state index is -3.42. The molecule has 1 aromatic rings. The third-order valence-corrected chi connectivity index (χ3v) is 5.52. The van der Waals surface area contributed by atoms with E-state index in [4.69, 9.17) is 4.74 Å². The van der Waals surface area contributed by atoms with Gasteiger partial charge >= 0.3 is 0 Å². The van der Waals surface area contributed by atoms with Gasteiger partial charge < -0.3 is 10.1 Å². The molecule has 0 saturated carbocycles. The van der Waals surface area contributed by atoms with Crippen LogP contribution in [0.1, 0.15) is 38.1 Å². The number of rotatable bonds is 8. The maximum atomic E-state index is 12.4. The second kappa shape index (κ2) is 8.31. The number of hydrogen-bond acceptors (Lipinski definition) is 4. The Morgan fingerprint density at radius 3 is 2.35 bits per heavy atom. The summed E-state index contributed by atoms with van der Waals surface area (Å²) >= 11 is 0. The van der Waals surface area contributed by atoms with Crippen LogP contribution in [0.2, 0.25) is 0 Å². The summed E-state index contributed by atoms with van der Waals surface area (Å²) in [7, 11) is -1.89. The Kier molecular flexibility index (Phi) is 7.02. The number of hydrogen-bond donors (Lipinski definition) is 1. The van der Waals surface area contributed by atoms with Crippen molar-refractivity contribution < 1.29 is 17.9 Å². The van der Waals surface area contributed by atoms with Crippen LogP contribution in [0.4, 0.5) is 0 Å². The first-order valence-corrected chi connectivity index (χ1v) is 9.23. The summed E-state index contributed by atoms with van der Waals surface area (Å²) in [6.45, 7) is 7.42. The molecular formula is C16H26N2O4S. The summed E-state index contributed by atoms with van der Waals surface area (Å²) in [6.07, 6.45) is 0. The van der Waals surface area contributed by atoms with E-state index in [1.807, 2.05) is 27.7 Å². The fraction of sp³-hybridized carbons (Fsp3) is 0.562. The number of benzene rings is 1. The van der Waals surface area contributed by atoms with Crippen molar-refractivity contribution in [2.75, 3.05) is 19.4 Å². The van der Waals surface area contributed by atoms with E-state index in [1.54, 1.807) is 24.3 Å². The summed E-state index contributed by atoms with van der Waals surface area (Å²) in [6, 6.07) is 6.48. The summed E-state index contributed by atoms with van der Waals surface area (Å²) in [5, 5.41) is 2.64. The molecule has 130 valence electrons. The van der Waals surface area contributed by atoms with Crippen molar-refractivity contribution in [1.29, 1.82) is 0 Å². The van der Waals surface area contributed by atoms with Crippen molar-refractivity contribution in [3.05, 3.63) is 29.8 Å². The molecule has 0 aliphatic heterocycles. The van der Waals surface area contributed by atoms with E-state index in [-0.39, 0.29) is 30.3 Å². The SMILES string of the molecule is COc1cccc(C(=O)NCCS(=O)(=O)N(C(C)C)C(C)C)c1. The predicted molar refractivity (Wildman–Crippen MR) is 91.2 cm³/mol. The molecule has 6 nitrogen and oxygen atoms in total. The van der Waals surface area contributed by atoms with Crippen LogP contribution in [-0.2, 0) is 10.0 Å². The number of methoxy groups -OCH3 is 1. The third kappa shape index (κ3) is 5.51. The summed E-state index contributed by atoms with van der Waals surface area (Å²) in [5.41, 5.74) is 0.436. The Bertz CT molecular complexity index is 619. The highest BCUT2D eigenvalue weighted by molar-refractivity contribution is 7.89. The molecule has 0 fully saturated rings. The average Bonchev–Trinajstić information content (AvgIpc) is 2.45. The maximum absolute atomic E-state index is 12.4. The average molecular weight is 342 g/mol. The van der Waals surface area contributed by atoms with Crippen LogP contribution in [0, 0.1) is 0 Å². The van der Waals surface area contributed by atoms with E-state index >= 15 is 0 Å². The van der Waals surface area contributed by atoms with E-state index in [9.17, 15) is 13.2 Å². The minimum Gasteiger partial charge on any atom is -0.497 e. The molecule has 1 N–H and O–H groups in total. The Morgan fingerprint density at radius 2 is 1.83 bits per heavy atom. The smallest absolute Gasteiger partial charge is 0.251 e. The predicted octanol–water partition coefficient (Wildman–Crippen LogP) is 1.87. The molecule has 0 saturated heterocycles. The molecule has 0 bridgehead atoms. The lowest BCUT2D eigenvalue weighted by Gasteiger charge is -2.29. The van der Waals surface area contributed by atoms with Gasteiger partial charge in [-0.1, -0.05) is 6.07 Å². The van der Waals surface area contributed by atoms with Gasteiger partial charge in [-0.05, 0) is 45.9 Å². The number of nitrogens with zero attached hydrogens (tertiary/aromatic N) is 1. The van der Waals surface area contributed by atoms with Gasteiger partial charge in [0.2, 0.25) is 10.0 Å². The van der Waals surface area contributed by atoms with Crippen LogP contribution in [0.15, 0.2) is 24.3 Å². The van der Waals surface area contributed by atoms with Crippen LogP contribution in [-0.4, -0.2) is 50.1 Å². The molecule has 0 atom stereocenters. The van der Waals surface area contributed by atoms with Crippen LogP contribution in [0.5, 0.6) is 5.75 Å². The third-order valence-electron chi connectivity index (χ3n) is 3.32. The first-order valence-electron chi connectivity index (χ1n) is 7.62. The number of carbonyl (C=O) groups is 1. The van der Waals surface area contributed by atoms with Crippen molar-refractivity contribution in [3.8, 4) is 5.75 Å². The molecule has 0 aliphatic carbocycles. The van der Waals surface area contributed by atoms with Gasteiger partial charge in [-0.15, -0.1) is 0 Å². The van der Waals surface area contributed by atoms with Crippen molar-refractivity contribution >= 4 is 15.9 Å². The van der Waals surface area contributed by atoms with Crippen molar-refractivity contribution in [2.45, 2.75) is 39.8 Å². The standard InChI is InChI=1S/C16H26N2O4S/c1-12(2)18(13(3)4)23(20,21)10-9-17-16(19)14-7-6-8-15(11-14)22-5/h6-8,11-13H,9-10H2,1-5H3,(H,17,19). The molecule has 1 rings (SSSR count). The van der Waals surface area contributed by atoms with Gasteiger partial charge in [0.25, 0.3) is 5.91 Å². The maximum Gasteiger partial charge on any atom is 0.251 e. The largest absolute Gasteiger partial charge is 0.497 e. The van der Waals surface area contributed by atoms with E-state index in [2.05, 4.69) is 5.32 Å². The normalized spacial score (nSPS) is 12.0. The van der Waals surface area contributed by atoms with Gasteiger partial charge in [-0.25, -0.2) is 8.42 Å². The monoisotopic (exact) mass is 342 g/mol. The topological polar surface area (TPSA) is 75.7 Å². The molecule has 0 aliphatic rings. The van der Waals surface area contributed by atoms with Gasteiger partial charge in [0, 0.05) is 24.2 Å². The van der Waals surface area contributed by atoms with Gasteiger partial charge in [-0.2, -0.15) is 4.31 Å². The van der Waals surface area contributed by atoms with Crippen LogP contribution in [0.3, 0.4) is 0 Å². The highest BCUT2D eigenvalue weighted by atomic mass is 32.2. The Morgan fingerprint density at radius 1 is 1.22 bits per heavy atom.